The second-order valence-electron chi connectivity index (χ2n) is 6.22. The number of hydrogen-bond acceptors (Lipinski definition) is 3. The van der Waals surface area contributed by atoms with Gasteiger partial charge in [-0.3, -0.25) is 0 Å². The molecule has 0 fully saturated rings. The first-order valence-corrected chi connectivity index (χ1v) is 8.24. The maximum Gasteiger partial charge on any atom is 0.339 e. The van der Waals surface area contributed by atoms with Gasteiger partial charge in [0.25, 0.3) is 0 Å². The Morgan fingerprint density at radius 1 is 1.39 bits per heavy atom. The highest BCUT2D eigenvalue weighted by Crippen LogP contribution is 2.43. The lowest BCUT2D eigenvalue weighted by molar-refractivity contribution is 0.0697. The van der Waals surface area contributed by atoms with Crippen LogP contribution in [0.15, 0.2) is 35.4 Å². The first kappa shape index (κ1) is 15.6. The Hall–Kier alpha value is -2.25. The van der Waals surface area contributed by atoms with Gasteiger partial charge in [0, 0.05) is 21.4 Å². The van der Waals surface area contributed by atoms with Crippen LogP contribution in [-0.4, -0.2) is 20.8 Å². The number of nitrogens with zero attached hydrogens (tertiary/aromatic N) is 1. The predicted octanol–water partition coefficient (Wildman–Crippen LogP) is 4.25. The molecule has 1 aromatic carbocycles. The fraction of sp³-hybridized carbons (Fsp3) is 0.263. The summed E-state index contributed by atoms with van der Waals surface area (Å²) in [5, 5.41) is 9.51. The molecule has 116 valence electrons. The minimum atomic E-state index is -1.05. The van der Waals surface area contributed by atoms with Gasteiger partial charge in [0.15, 0.2) is 0 Å². The molecule has 2 aromatic rings. The van der Waals surface area contributed by atoms with Crippen molar-refractivity contribution in [3.05, 3.63) is 47.3 Å². The Kier molecular flexibility index (Phi) is 3.91. The number of carbonyl (C=O) groups is 1. The number of aromatic carboxylic acids is 1. The summed E-state index contributed by atoms with van der Waals surface area (Å²) in [4.78, 5) is 16.9. The van der Waals surface area contributed by atoms with Crippen molar-refractivity contribution in [2.45, 2.75) is 36.3 Å². The maximum atomic E-state index is 11.6. The van der Waals surface area contributed by atoms with Gasteiger partial charge in [-0.15, -0.1) is 18.2 Å². The van der Waals surface area contributed by atoms with Crippen LogP contribution in [0.5, 0.6) is 0 Å². The van der Waals surface area contributed by atoms with E-state index in [9.17, 15) is 9.90 Å². The molecule has 0 saturated heterocycles. The van der Waals surface area contributed by atoms with E-state index < -0.39 is 5.97 Å². The van der Waals surface area contributed by atoms with E-state index in [-0.39, 0.29) is 16.0 Å². The topological polar surface area (TPSA) is 50.2 Å². The normalized spacial score (nSPS) is 15.5. The molecule has 1 aliphatic rings. The number of terminal acetylenes is 1. The molecule has 0 amide bonds. The minimum absolute atomic E-state index is 0.0961. The lowest BCUT2D eigenvalue weighted by atomic mass is 9.94. The fourth-order valence-electron chi connectivity index (χ4n) is 2.85. The quantitative estimate of drug-likeness (QED) is 0.840. The van der Waals surface area contributed by atoms with Crippen LogP contribution < -0.4 is 0 Å². The third kappa shape index (κ3) is 2.97. The number of fused-ring (bicyclic) bond motifs is 1. The van der Waals surface area contributed by atoms with Gasteiger partial charge >= 0.3 is 5.97 Å². The van der Waals surface area contributed by atoms with Crippen LogP contribution in [0.2, 0.25) is 0 Å². The van der Waals surface area contributed by atoms with Gasteiger partial charge in [0.05, 0.1) is 0 Å². The summed E-state index contributed by atoms with van der Waals surface area (Å²) in [5.41, 5.74) is 3.03. The highest BCUT2D eigenvalue weighted by Gasteiger charge is 2.26. The lowest BCUT2D eigenvalue weighted by Gasteiger charge is -2.30. The summed E-state index contributed by atoms with van der Waals surface area (Å²) >= 11 is 1.88. The number of carboxylic acid groups (broad SMARTS) is 1. The average Bonchev–Trinajstić information content (AvgIpc) is 2.52. The Morgan fingerprint density at radius 3 is 2.87 bits per heavy atom. The third-order valence-corrected chi connectivity index (χ3v) is 5.43. The summed E-state index contributed by atoms with van der Waals surface area (Å²) in [7, 11) is 0. The summed E-state index contributed by atoms with van der Waals surface area (Å²) in [6.45, 7) is 4.50. The van der Waals surface area contributed by atoms with E-state index in [1.165, 1.54) is 10.5 Å². The molecule has 23 heavy (non-hydrogen) atoms. The molecule has 0 unspecified atom stereocenters. The SMILES string of the molecule is C#Cc1nccc(-c2ccc3c(c2)CCC(C)(C)S3)c1C(=O)O. The van der Waals surface area contributed by atoms with Gasteiger partial charge in [0.1, 0.15) is 11.3 Å². The molecule has 0 atom stereocenters. The zero-order valence-electron chi connectivity index (χ0n) is 13.1. The number of pyridine rings is 1. The van der Waals surface area contributed by atoms with Gasteiger partial charge in [-0.25, -0.2) is 9.78 Å². The van der Waals surface area contributed by atoms with Crippen molar-refractivity contribution < 1.29 is 9.90 Å². The number of aryl methyl sites for hydroxylation is 1. The average molecular weight is 323 g/mol. The van der Waals surface area contributed by atoms with Crippen molar-refractivity contribution >= 4 is 17.7 Å². The van der Waals surface area contributed by atoms with Crippen LogP contribution in [0.3, 0.4) is 0 Å². The van der Waals surface area contributed by atoms with Crippen molar-refractivity contribution in [2.24, 2.45) is 0 Å². The molecular weight excluding hydrogens is 306 g/mol. The standard InChI is InChI=1S/C19H17NO2S/c1-4-15-17(18(21)22)14(8-10-20-15)12-5-6-16-13(11-12)7-9-19(2,3)23-16/h1,5-6,8,10-11H,7,9H2,2-3H3,(H,21,22). The van der Waals surface area contributed by atoms with Gasteiger partial charge in [-0.1, -0.05) is 26.0 Å². The summed E-state index contributed by atoms with van der Waals surface area (Å²) in [6.07, 6.45) is 9.06. The number of thioether (sulfide) groups is 1. The van der Waals surface area contributed by atoms with Crippen molar-refractivity contribution in [1.29, 1.82) is 0 Å². The van der Waals surface area contributed by atoms with Crippen molar-refractivity contribution in [1.82, 2.24) is 4.98 Å². The van der Waals surface area contributed by atoms with Crippen molar-refractivity contribution in [2.75, 3.05) is 0 Å². The van der Waals surface area contributed by atoms with E-state index in [1.54, 1.807) is 12.3 Å². The molecule has 0 spiro atoms. The summed E-state index contributed by atoms with van der Waals surface area (Å²) in [5.74, 6) is 1.32. The highest BCUT2D eigenvalue weighted by molar-refractivity contribution is 8.00. The number of aromatic nitrogens is 1. The van der Waals surface area contributed by atoms with E-state index in [2.05, 4.69) is 36.9 Å². The minimum Gasteiger partial charge on any atom is -0.478 e. The molecule has 0 bridgehead atoms. The molecule has 0 radical (unpaired) electrons. The lowest BCUT2D eigenvalue weighted by Crippen LogP contribution is -2.20. The van der Waals surface area contributed by atoms with E-state index in [0.717, 1.165) is 18.4 Å². The van der Waals surface area contributed by atoms with Crippen molar-refractivity contribution in [3.63, 3.8) is 0 Å². The zero-order valence-corrected chi connectivity index (χ0v) is 13.9. The van der Waals surface area contributed by atoms with Crippen LogP contribution in [0.1, 0.15) is 41.9 Å². The first-order valence-electron chi connectivity index (χ1n) is 7.42. The van der Waals surface area contributed by atoms with Crippen LogP contribution >= 0.6 is 11.8 Å². The van der Waals surface area contributed by atoms with Crippen LogP contribution in [0, 0.1) is 12.3 Å². The van der Waals surface area contributed by atoms with Gasteiger partial charge in [-0.05, 0) is 42.0 Å². The van der Waals surface area contributed by atoms with E-state index in [1.807, 2.05) is 17.8 Å². The Bertz CT molecular complexity index is 834. The summed E-state index contributed by atoms with van der Waals surface area (Å²) < 4.78 is 0.244. The Morgan fingerprint density at radius 2 is 2.17 bits per heavy atom. The van der Waals surface area contributed by atoms with Crippen LogP contribution in [0.25, 0.3) is 11.1 Å². The third-order valence-electron chi connectivity index (χ3n) is 4.06. The largest absolute Gasteiger partial charge is 0.478 e. The number of benzene rings is 1. The highest BCUT2D eigenvalue weighted by atomic mass is 32.2. The molecule has 1 aromatic heterocycles. The van der Waals surface area contributed by atoms with Crippen LogP contribution in [-0.2, 0) is 6.42 Å². The molecular formula is C19H17NO2S. The van der Waals surface area contributed by atoms with Crippen molar-refractivity contribution in [3.8, 4) is 23.5 Å². The van der Waals surface area contributed by atoms with Gasteiger partial charge in [-0.2, -0.15) is 0 Å². The fourth-order valence-corrected chi connectivity index (χ4v) is 4.08. The molecule has 1 aliphatic heterocycles. The molecule has 2 heterocycles. The van der Waals surface area contributed by atoms with E-state index in [4.69, 9.17) is 6.42 Å². The van der Waals surface area contributed by atoms with Gasteiger partial charge < -0.3 is 5.11 Å². The molecule has 3 rings (SSSR count). The Labute approximate surface area is 140 Å². The second-order valence-corrected chi connectivity index (χ2v) is 7.96. The first-order chi connectivity index (χ1) is 10.9. The number of hydrogen-bond donors (Lipinski definition) is 1. The zero-order chi connectivity index (χ0) is 16.6. The molecule has 1 N–H and O–H groups in total. The molecule has 4 heteroatoms. The van der Waals surface area contributed by atoms with E-state index >= 15 is 0 Å². The molecule has 0 aliphatic carbocycles. The van der Waals surface area contributed by atoms with Gasteiger partial charge in [0.2, 0.25) is 0 Å². The Balaban J connectivity index is 2.11. The maximum absolute atomic E-state index is 11.6. The second kappa shape index (κ2) is 5.75. The summed E-state index contributed by atoms with van der Waals surface area (Å²) in [6, 6.07) is 7.85. The smallest absolute Gasteiger partial charge is 0.339 e. The molecule has 0 saturated carbocycles. The molecule has 3 nitrogen and oxygen atoms in total. The monoisotopic (exact) mass is 323 g/mol. The van der Waals surface area contributed by atoms with E-state index in [0.29, 0.717) is 5.56 Å². The number of rotatable bonds is 2. The predicted molar refractivity (Wildman–Crippen MR) is 92.8 cm³/mol. The number of carboxylic acids is 1. The van der Waals surface area contributed by atoms with Crippen LogP contribution in [0.4, 0.5) is 0 Å².